The summed E-state index contributed by atoms with van der Waals surface area (Å²) in [6.45, 7) is 4.28. The van der Waals surface area contributed by atoms with Crippen molar-refractivity contribution in [2.24, 2.45) is 5.16 Å². The van der Waals surface area contributed by atoms with Gasteiger partial charge in [-0.3, -0.25) is 4.79 Å². The smallest absolute Gasteiger partial charge is 0.257 e. The Hall–Kier alpha value is -2.04. The minimum Gasteiger partial charge on any atom is -0.484 e. The van der Waals surface area contributed by atoms with Crippen LogP contribution in [0.2, 0.25) is 0 Å². The SMILES string of the molecule is CCNC(=O)COc1ccc(CC/C(C)=N/O)cc1. The van der Waals surface area contributed by atoms with Crippen LogP contribution in [0.15, 0.2) is 29.4 Å². The molecule has 5 heteroatoms. The lowest BCUT2D eigenvalue weighted by Gasteiger charge is -2.07. The lowest BCUT2D eigenvalue weighted by atomic mass is 10.1. The molecule has 0 aliphatic rings. The van der Waals surface area contributed by atoms with E-state index in [9.17, 15) is 4.79 Å². The Morgan fingerprint density at radius 1 is 1.37 bits per heavy atom. The Kier molecular flexibility index (Phi) is 6.43. The van der Waals surface area contributed by atoms with Crippen LogP contribution in [-0.2, 0) is 11.2 Å². The summed E-state index contributed by atoms with van der Waals surface area (Å²) < 4.78 is 5.35. The molecule has 0 saturated heterocycles. The van der Waals surface area contributed by atoms with Crippen molar-refractivity contribution >= 4 is 11.6 Å². The number of oxime groups is 1. The zero-order valence-electron chi connectivity index (χ0n) is 11.3. The number of rotatable bonds is 7. The number of amides is 1. The second kappa shape index (κ2) is 8.13. The first kappa shape index (κ1) is 15.0. The number of nitrogens with one attached hydrogen (secondary N) is 1. The summed E-state index contributed by atoms with van der Waals surface area (Å²) in [5.41, 5.74) is 1.84. The molecule has 19 heavy (non-hydrogen) atoms. The summed E-state index contributed by atoms with van der Waals surface area (Å²) in [5.74, 6) is 0.545. The highest BCUT2D eigenvalue weighted by Gasteiger charge is 2.01. The van der Waals surface area contributed by atoms with E-state index in [0.29, 0.717) is 18.0 Å². The molecule has 0 aromatic heterocycles. The monoisotopic (exact) mass is 264 g/mol. The quantitative estimate of drug-likeness (QED) is 0.449. The number of aryl methyl sites for hydroxylation is 1. The van der Waals surface area contributed by atoms with E-state index in [1.165, 1.54) is 0 Å². The zero-order valence-corrected chi connectivity index (χ0v) is 11.3. The highest BCUT2D eigenvalue weighted by atomic mass is 16.5. The van der Waals surface area contributed by atoms with Crippen molar-refractivity contribution in [2.45, 2.75) is 26.7 Å². The molecule has 1 aromatic rings. The van der Waals surface area contributed by atoms with Gasteiger partial charge in [0.15, 0.2) is 6.61 Å². The van der Waals surface area contributed by atoms with E-state index in [1.807, 2.05) is 31.2 Å². The average molecular weight is 264 g/mol. The van der Waals surface area contributed by atoms with E-state index >= 15 is 0 Å². The number of nitrogens with zero attached hydrogens (tertiary/aromatic N) is 1. The predicted molar refractivity (Wildman–Crippen MR) is 73.8 cm³/mol. The average Bonchev–Trinajstić information content (AvgIpc) is 2.44. The van der Waals surface area contributed by atoms with Gasteiger partial charge in [0.25, 0.3) is 5.91 Å². The maximum atomic E-state index is 11.2. The van der Waals surface area contributed by atoms with Gasteiger partial charge in [0.2, 0.25) is 0 Å². The minimum atomic E-state index is -0.124. The molecule has 0 radical (unpaired) electrons. The van der Waals surface area contributed by atoms with E-state index in [4.69, 9.17) is 9.94 Å². The van der Waals surface area contributed by atoms with Crippen molar-refractivity contribution in [3.63, 3.8) is 0 Å². The number of ether oxygens (including phenoxy) is 1. The largest absolute Gasteiger partial charge is 0.484 e. The van der Waals surface area contributed by atoms with Gasteiger partial charge in [-0.25, -0.2) is 0 Å². The first-order valence-electron chi connectivity index (χ1n) is 6.31. The third kappa shape index (κ3) is 5.90. The lowest BCUT2D eigenvalue weighted by Crippen LogP contribution is -2.28. The van der Waals surface area contributed by atoms with Gasteiger partial charge in [0.1, 0.15) is 5.75 Å². The predicted octanol–water partition coefficient (Wildman–Crippen LogP) is 1.98. The Balaban J connectivity index is 2.41. The van der Waals surface area contributed by atoms with E-state index in [-0.39, 0.29) is 12.5 Å². The molecule has 0 unspecified atom stereocenters. The van der Waals surface area contributed by atoms with E-state index in [0.717, 1.165) is 18.4 Å². The molecule has 104 valence electrons. The van der Waals surface area contributed by atoms with Crippen molar-refractivity contribution in [3.05, 3.63) is 29.8 Å². The van der Waals surface area contributed by atoms with Gasteiger partial charge >= 0.3 is 0 Å². The van der Waals surface area contributed by atoms with E-state index in [2.05, 4.69) is 10.5 Å². The van der Waals surface area contributed by atoms with Crippen LogP contribution in [0.1, 0.15) is 25.8 Å². The maximum absolute atomic E-state index is 11.2. The maximum Gasteiger partial charge on any atom is 0.257 e. The zero-order chi connectivity index (χ0) is 14.1. The van der Waals surface area contributed by atoms with Crippen molar-refractivity contribution in [3.8, 4) is 5.75 Å². The number of carbonyl (C=O) groups is 1. The van der Waals surface area contributed by atoms with Crippen molar-refractivity contribution < 1.29 is 14.7 Å². The number of hydrogen-bond donors (Lipinski definition) is 2. The minimum absolute atomic E-state index is 0.0312. The first-order valence-corrected chi connectivity index (χ1v) is 6.31. The van der Waals surface area contributed by atoms with Crippen molar-refractivity contribution in [2.75, 3.05) is 13.2 Å². The third-order valence-electron chi connectivity index (χ3n) is 2.61. The van der Waals surface area contributed by atoms with Crippen LogP contribution in [0.5, 0.6) is 5.75 Å². The molecule has 1 rings (SSSR count). The Morgan fingerprint density at radius 3 is 2.63 bits per heavy atom. The summed E-state index contributed by atoms with van der Waals surface area (Å²) >= 11 is 0. The molecule has 1 amide bonds. The van der Waals surface area contributed by atoms with Crippen LogP contribution in [0.3, 0.4) is 0 Å². The standard InChI is InChI=1S/C14H20N2O3/c1-3-15-14(17)10-19-13-8-6-12(7-9-13)5-4-11(2)16-18/h6-9,18H,3-5,10H2,1-2H3,(H,15,17)/b16-11+. The molecule has 1 aromatic carbocycles. The molecule has 0 fully saturated rings. The Labute approximate surface area is 113 Å². The molecule has 0 bridgehead atoms. The number of benzene rings is 1. The summed E-state index contributed by atoms with van der Waals surface area (Å²) in [6.07, 6.45) is 1.53. The third-order valence-corrected chi connectivity index (χ3v) is 2.61. The molecular formula is C14H20N2O3. The topological polar surface area (TPSA) is 70.9 Å². The second-order valence-electron chi connectivity index (χ2n) is 4.22. The van der Waals surface area contributed by atoms with Crippen molar-refractivity contribution in [1.82, 2.24) is 5.32 Å². The fraction of sp³-hybridized carbons (Fsp3) is 0.429. The van der Waals surface area contributed by atoms with Gasteiger partial charge in [-0.1, -0.05) is 17.3 Å². The van der Waals surface area contributed by atoms with Crippen LogP contribution < -0.4 is 10.1 Å². The molecule has 0 saturated carbocycles. The molecule has 5 nitrogen and oxygen atoms in total. The molecular weight excluding hydrogens is 244 g/mol. The van der Waals surface area contributed by atoms with Crippen molar-refractivity contribution in [1.29, 1.82) is 0 Å². The van der Waals surface area contributed by atoms with Gasteiger partial charge in [-0.15, -0.1) is 0 Å². The van der Waals surface area contributed by atoms with Crippen LogP contribution in [0, 0.1) is 0 Å². The highest BCUT2D eigenvalue weighted by molar-refractivity contribution is 5.81. The molecule has 0 aliphatic carbocycles. The van der Waals surface area contributed by atoms with Gasteiger partial charge in [0, 0.05) is 6.54 Å². The molecule has 0 atom stereocenters. The number of hydrogen-bond acceptors (Lipinski definition) is 4. The van der Waals surface area contributed by atoms with Crippen LogP contribution >= 0.6 is 0 Å². The van der Waals surface area contributed by atoms with Crippen LogP contribution in [0.25, 0.3) is 0 Å². The Bertz CT molecular complexity index is 427. The molecule has 0 aliphatic heterocycles. The summed E-state index contributed by atoms with van der Waals surface area (Å²) in [5, 5.41) is 14.4. The summed E-state index contributed by atoms with van der Waals surface area (Å²) in [4.78, 5) is 11.2. The number of carbonyl (C=O) groups excluding carboxylic acids is 1. The second-order valence-corrected chi connectivity index (χ2v) is 4.22. The normalized spacial score (nSPS) is 11.2. The van der Waals surface area contributed by atoms with Gasteiger partial charge in [-0.2, -0.15) is 0 Å². The van der Waals surface area contributed by atoms with Gasteiger partial charge in [0.05, 0.1) is 5.71 Å². The fourth-order valence-corrected chi connectivity index (χ4v) is 1.52. The van der Waals surface area contributed by atoms with Gasteiger partial charge < -0.3 is 15.3 Å². The summed E-state index contributed by atoms with van der Waals surface area (Å²) in [7, 11) is 0. The summed E-state index contributed by atoms with van der Waals surface area (Å²) in [6, 6.07) is 7.55. The lowest BCUT2D eigenvalue weighted by molar-refractivity contribution is -0.122. The van der Waals surface area contributed by atoms with Crippen LogP contribution in [0.4, 0.5) is 0 Å². The van der Waals surface area contributed by atoms with E-state index in [1.54, 1.807) is 6.92 Å². The molecule has 0 spiro atoms. The van der Waals surface area contributed by atoms with Crippen LogP contribution in [-0.4, -0.2) is 30.0 Å². The Morgan fingerprint density at radius 2 is 2.05 bits per heavy atom. The molecule has 2 N–H and O–H groups in total. The highest BCUT2D eigenvalue weighted by Crippen LogP contribution is 2.13. The molecule has 0 heterocycles. The first-order chi connectivity index (χ1) is 9.15. The fourth-order valence-electron chi connectivity index (χ4n) is 1.52. The number of likely N-dealkylation sites (N-methyl/N-ethyl adjacent to an activating group) is 1. The van der Waals surface area contributed by atoms with E-state index < -0.39 is 0 Å². The van der Waals surface area contributed by atoms with Gasteiger partial charge in [-0.05, 0) is 44.4 Å².